The van der Waals surface area contributed by atoms with Crippen molar-refractivity contribution < 1.29 is 19.4 Å². The maximum absolute atomic E-state index is 13.0. The Balaban J connectivity index is 2.58. The number of allylic oxidation sites excluding steroid dienone is 1. The average Bonchev–Trinajstić information content (AvgIpc) is 2.72. The van der Waals surface area contributed by atoms with Gasteiger partial charge in [-0.3, -0.25) is 9.59 Å². The van der Waals surface area contributed by atoms with Crippen molar-refractivity contribution in [3.63, 3.8) is 0 Å². The van der Waals surface area contributed by atoms with E-state index in [1.54, 1.807) is 6.08 Å². The van der Waals surface area contributed by atoms with Crippen LogP contribution in [0.5, 0.6) is 0 Å². The molecule has 0 amide bonds. The summed E-state index contributed by atoms with van der Waals surface area (Å²) in [5, 5.41) is 11.5. The second-order valence-corrected chi connectivity index (χ2v) is 7.74. The summed E-state index contributed by atoms with van der Waals surface area (Å²) in [5.41, 5.74) is -1.63. The summed E-state index contributed by atoms with van der Waals surface area (Å²) in [6.07, 6.45) is 2.76. The third kappa shape index (κ3) is 2.54. The lowest BCUT2D eigenvalue weighted by Crippen LogP contribution is -2.61. The molecule has 23 heavy (non-hydrogen) atoms. The smallest absolute Gasteiger partial charge is 0.315 e. The molecule has 0 aromatic heterocycles. The molecule has 5 heteroatoms. The van der Waals surface area contributed by atoms with Crippen LogP contribution in [0.15, 0.2) is 11.6 Å². The minimum Gasteiger partial charge on any atom is -0.468 e. The maximum Gasteiger partial charge on any atom is 0.315 e. The zero-order valence-corrected chi connectivity index (χ0v) is 15.0. The number of esters is 1. The Labute approximate surface area is 138 Å². The Morgan fingerprint density at radius 1 is 1.48 bits per heavy atom. The number of hydrogen-bond donors (Lipinski definition) is 1. The van der Waals surface area contributed by atoms with Crippen LogP contribution in [0.1, 0.15) is 33.6 Å². The largest absolute Gasteiger partial charge is 0.468 e. The Hall–Kier alpha value is -1.20. The monoisotopic (exact) mass is 323 g/mol. The average molecular weight is 323 g/mol. The fourth-order valence-corrected chi connectivity index (χ4v) is 4.48. The molecule has 0 aromatic rings. The van der Waals surface area contributed by atoms with E-state index < -0.39 is 22.9 Å². The fraction of sp³-hybridized carbons (Fsp3) is 0.778. The molecule has 2 aliphatic rings. The first-order valence-electron chi connectivity index (χ1n) is 8.30. The number of nitrogens with zero attached hydrogens (tertiary/aromatic N) is 1. The van der Waals surface area contributed by atoms with Gasteiger partial charge in [0.25, 0.3) is 0 Å². The molecule has 1 N–H and O–H groups in total. The van der Waals surface area contributed by atoms with E-state index in [-0.39, 0.29) is 17.6 Å². The zero-order chi connectivity index (χ0) is 17.6. The molecule has 5 nitrogen and oxygen atoms in total. The standard InChI is InChI=1S/C18H29NO4/c1-11(2)13-9-14(20)17(3)12(10-19(4)5)7-8-18(17,22)15(13)16(21)23-6/h9,11-12,15,22H,7-8,10H2,1-6H3/t12-,15-,17-,18-/m0/s1. The van der Waals surface area contributed by atoms with E-state index in [0.717, 1.165) is 6.42 Å². The second-order valence-electron chi connectivity index (χ2n) is 7.74. The molecule has 0 bridgehead atoms. The minimum absolute atomic E-state index is 0.00419. The lowest BCUT2D eigenvalue weighted by molar-refractivity contribution is -0.171. The normalized spacial score (nSPS) is 37.1. The van der Waals surface area contributed by atoms with Gasteiger partial charge in [-0.2, -0.15) is 0 Å². The van der Waals surface area contributed by atoms with Gasteiger partial charge in [0.05, 0.1) is 18.1 Å². The van der Waals surface area contributed by atoms with Crippen LogP contribution in [-0.4, -0.2) is 55.1 Å². The Bertz CT molecular complexity index is 539. The molecule has 1 saturated carbocycles. The summed E-state index contributed by atoms with van der Waals surface area (Å²) in [5.74, 6) is -1.25. The number of methoxy groups -OCH3 is 1. The fourth-order valence-electron chi connectivity index (χ4n) is 4.48. The van der Waals surface area contributed by atoms with E-state index in [1.165, 1.54) is 7.11 Å². The van der Waals surface area contributed by atoms with Gasteiger partial charge in [0.1, 0.15) is 5.92 Å². The molecule has 1 fully saturated rings. The van der Waals surface area contributed by atoms with Crippen LogP contribution >= 0.6 is 0 Å². The van der Waals surface area contributed by atoms with Gasteiger partial charge < -0.3 is 14.7 Å². The van der Waals surface area contributed by atoms with Gasteiger partial charge in [-0.1, -0.05) is 13.8 Å². The van der Waals surface area contributed by atoms with Gasteiger partial charge in [0.15, 0.2) is 5.78 Å². The van der Waals surface area contributed by atoms with Crippen LogP contribution in [0, 0.1) is 23.2 Å². The molecule has 0 unspecified atom stereocenters. The molecule has 2 rings (SSSR count). The van der Waals surface area contributed by atoms with Crippen LogP contribution in [0.25, 0.3) is 0 Å². The van der Waals surface area contributed by atoms with E-state index in [0.29, 0.717) is 18.5 Å². The summed E-state index contributed by atoms with van der Waals surface area (Å²) >= 11 is 0. The van der Waals surface area contributed by atoms with Gasteiger partial charge >= 0.3 is 5.97 Å². The first-order chi connectivity index (χ1) is 10.6. The lowest BCUT2D eigenvalue weighted by Gasteiger charge is -2.49. The molecule has 2 aliphatic carbocycles. The highest BCUT2D eigenvalue weighted by atomic mass is 16.5. The van der Waals surface area contributed by atoms with Gasteiger partial charge in [0, 0.05) is 6.54 Å². The number of carbonyl (C=O) groups excluding carboxylic acids is 2. The molecule has 0 heterocycles. The van der Waals surface area contributed by atoms with Crippen molar-refractivity contribution in [3.05, 3.63) is 11.6 Å². The number of hydrogen-bond acceptors (Lipinski definition) is 5. The number of fused-ring (bicyclic) bond motifs is 1. The lowest BCUT2D eigenvalue weighted by atomic mass is 9.57. The number of carbonyl (C=O) groups is 2. The van der Waals surface area contributed by atoms with E-state index in [1.807, 2.05) is 39.8 Å². The van der Waals surface area contributed by atoms with E-state index >= 15 is 0 Å². The van der Waals surface area contributed by atoms with Gasteiger partial charge in [-0.05, 0) is 57.3 Å². The molecule has 0 aromatic carbocycles. The van der Waals surface area contributed by atoms with Gasteiger partial charge in [0.2, 0.25) is 0 Å². The predicted molar refractivity (Wildman–Crippen MR) is 87.8 cm³/mol. The second kappa shape index (κ2) is 6.02. The Kier molecular flexibility index (Phi) is 4.75. The number of aliphatic hydroxyl groups is 1. The zero-order valence-electron chi connectivity index (χ0n) is 15.0. The highest BCUT2D eigenvalue weighted by Gasteiger charge is 2.67. The number of ether oxygens (including phenoxy) is 1. The van der Waals surface area contributed by atoms with Gasteiger partial charge in [-0.15, -0.1) is 0 Å². The number of ketones is 1. The topological polar surface area (TPSA) is 66.8 Å². The van der Waals surface area contributed by atoms with Crippen molar-refractivity contribution in [2.24, 2.45) is 23.2 Å². The maximum atomic E-state index is 13.0. The molecule has 0 saturated heterocycles. The Morgan fingerprint density at radius 2 is 2.09 bits per heavy atom. The first kappa shape index (κ1) is 18.1. The molecule has 0 spiro atoms. The highest BCUT2D eigenvalue weighted by Crippen LogP contribution is 2.59. The SMILES string of the molecule is COC(=O)[C@@H]1C(C(C)C)=CC(=O)[C@]2(C)[C@H](CN(C)C)CC[C@]12O. The van der Waals surface area contributed by atoms with Crippen molar-refractivity contribution in [3.8, 4) is 0 Å². The molecule has 4 atom stereocenters. The highest BCUT2D eigenvalue weighted by molar-refractivity contribution is 6.00. The molecular formula is C18H29NO4. The van der Waals surface area contributed by atoms with Gasteiger partial charge in [-0.25, -0.2) is 0 Å². The van der Waals surface area contributed by atoms with Crippen molar-refractivity contribution >= 4 is 11.8 Å². The van der Waals surface area contributed by atoms with Crippen LogP contribution in [0.3, 0.4) is 0 Å². The quantitative estimate of drug-likeness (QED) is 0.797. The molecular weight excluding hydrogens is 294 g/mol. The van der Waals surface area contributed by atoms with Crippen LogP contribution in [-0.2, 0) is 14.3 Å². The van der Waals surface area contributed by atoms with E-state index in [9.17, 15) is 14.7 Å². The minimum atomic E-state index is -1.37. The summed E-state index contributed by atoms with van der Waals surface area (Å²) in [7, 11) is 5.26. The summed E-state index contributed by atoms with van der Waals surface area (Å²) in [6.45, 7) is 6.41. The van der Waals surface area contributed by atoms with Crippen molar-refractivity contribution in [1.29, 1.82) is 0 Å². The summed E-state index contributed by atoms with van der Waals surface area (Å²) in [4.78, 5) is 27.5. The number of rotatable bonds is 4. The summed E-state index contributed by atoms with van der Waals surface area (Å²) < 4.78 is 4.98. The summed E-state index contributed by atoms with van der Waals surface area (Å²) in [6, 6.07) is 0. The van der Waals surface area contributed by atoms with E-state index in [4.69, 9.17) is 4.74 Å². The molecule has 0 aliphatic heterocycles. The third-order valence-corrected chi connectivity index (χ3v) is 5.90. The van der Waals surface area contributed by atoms with Crippen LogP contribution in [0.4, 0.5) is 0 Å². The van der Waals surface area contributed by atoms with Crippen molar-refractivity contribution in [2.75, 3.05) is 27.7 Å². The van der Waals surface area contributed by atoms with Crippen molar-refractivity contribution in [2.45, 2.75) is 39.2 Å². The van der Waals surface area contributed by atoms with E-state index in [2.05, 4.69) is 0 Å². The third-order valence-electron chi connectivity index (χ3n) is 5.90. The predicted octanol–water partition coefficient (Wildman–Crippen LogP) is 1.65. The van der Waals surface area contributed by atoms with Crippen LogP contribution in [0.2, 0.25) is 0 Å². The van der Waals surface area contributed by atoms with Crippen molar-refractivity contribution in [1.82, 2.24) is 4.90 Å². The molecule has 0 radical (unpaired) electrons. The first-order valence-corrected chi connectivity index (χ1v) is 8.30. The van der Waals surface area contributed by atoms with Crippen LogP contribution < -0.4 is 0 Å². The Morgan fingerprint density at radius 3 is 2.57 bits per heavy atom. The molecule has 130 valence electrons.